The Labute approximate surface area is 188 Å². The average molecular weight is 453 g/mol. The second-order valence-corrected chi connectivity index (χ2v) is 7.93. The van der Waals surface area contributed by atoms with Gasteiger partial charge in [0.1, 0.15) is 34.9 Å². The molecule has 1 fully saturated rings. The number of carbonyl (C=O) groups is 2. The molecule has 0 bridgehead atoms. The fourth-order valence-corrected chi connectivity index (χ4v) is 3.81. The first kappa shape index (κ1) is 22.3. The monoisotopic (exact) mass is 453 g/mol. The van der Waals surface area contributed by atoms with E-state index in [0.717, 1.165) is 17.0 Å². The Morgan fingerprint density at radius 2 is 1.88 bits per heavy atom. The van der Waals surface area contributed by atoms with E-state index in [1.807, 2.05) is 13.8 Å². The van der Waals surface area contributed by atoms with Gasteiger partial charge in [-0.15, -0.1) is 0 Å². The number of ketones is 1. The lowest BCUT2D eigenvalue weighted by Crippen LogP contribution is -2.30. The van der Waals surface area contributed by atoms with Crippen molar-refractivity contribution in [3.05, 3.63) is 88.9 Å². The van der Waals surface area contributed by atoms with E-state index in [0.29, 0.717) is 17.4 Å². The summed E-state index contributed by atoms with van der Waals surface area (Å²) in [6.07, 6.45) is 1.27. The highest BCUT2D eigenvalue weighted by Gasteiger charge is 2.49. The largest absolute Gasteiger partial charge is 0.507 e. The van der Waals surface area contributed by atoms with Gasteiger partial charge in [0.05, 0.1) is 23.6 Å². The topological polar surface area (TPSA) is 80.0 Å². The molecule has 1 N–H and O–H groups in total. The van der Waals surface area contributed by atoms with Gasteiger partial charge in [-0.25, -0.2) is 8.78 Å². The minimum Gasteiger partial charge on any atom is -0.507 e. The molecule has 0 spiro atoms. The van der Waals surface area contributed by atoms with E-state index in [-0.39, 0.29) is 28.7 Å². The SMILES string of the molecule is Cc1cc(/C(O)=C2/C(=O)C(=O)N(c3ccc(F)cc3F)C2c2ccco2)ccc1OC(C)C. The number of Topliss-reactive ketones (excluding diaryl/α,β-unsaturated/α-hetero) is 1. The van der Waals surface area contributed by atoms with Crippen molar-refractivity contribution < 1.29 is 32.6 Å². The van der Waals surface area contributed by atoms with E-state index in [9.17, 15) is 23.5 Å². The summed E-state index contributed by atoms with van der Waals surface area (Å²) in [7, 11) is 0. The van der Waals surface area contributed by atoms with Crippen LogP contribution in [-0.4, -0.2) is 22.9 Å². The number of aliphatic hydroxyl groups is 1. The molecular weight excluding hydrogens is 432 g/mol. The van der Waals surface area contributed by atoms with E-state index in [4.69, 9.17) is 9.15 Å². The van der Waals surface area contributed by atoms with Crippen LogP contribution in [0.4, 0.5) is 14.5 Å². The van der Waals surface area contributed by atoms with E-state index in [1.54, 1.807) is 31.2 Å². The second-order valence-electron chi connectivity index (χ2n) is 7.93. The molecule has 4 rings (SSSR count). The first-order valence-corrected chi connectivity index (χ1v) is 10.3. The fourth-order valence-electron chi connectivity index (χ4n) is 3.81. The summed E-state index contributed by atoms with van der Waals surface area (Å²) in [5, 5.41) is 11.1. The van der Waals surface area contributed by atoms with Crippen molar-refractivity contribution in [3.63, 3.8) is 0 Å². The molecule has 1 aromatic heterocycles. The zero-order valence-corrected chi connectivity index (χ0v) is 18.1. The molecule has 0 saturated carbocycles. The maximum Gasteiger partial charge on any atom is 0.300 e. The molecule has 2 heterocycles. The van der Waals surface area contributed by atoms with Gasteiger partial charge >= 0.3 is 0 Å². The molecule has 1 aliphatic heterocycles. The van der Waals surface area contributed by atoms with Crippen LogP contribution in [0.2, 0.25) is 0 Å². The Morgan fingerprint density at radius 3 is 2.48 bits per heavy atom. The molecule has 1 amide bonds. The van der Waals surface area contributed by atoms with Crippen LogP contribution < -0.4 is 9.64 Å². The molecule has 3 aromatic rings. The Hall–Kier alpha value is -3.94. The van der Waals surface area contributed by atoms with Gasteiger partial charge in [-0.1, -0.05) is 0 Å². The molecule has 33 heavy (non-hydrogen) atoms. The van der Waals surface area contributed by atoms with Crippen molar-refractivity contribution in [2.45, 2.75) is 32.9 Å². The molecule has 0 aliphatic carbocycles. The molecule has 8 heteroatoms. The van der Waals surface area contributed by atoms with Gasteiger partial charge in [-0.2, -0.15) is 0 Å². The second kappa shape index (κ2) is 8.54. The first-order chi connectivity index (χ1) is 15.7. The number of ether oxygens (including phenoxy) is 1. The predicted octanol–water partition coefficient (Wildman–Crippen LogP) is 5.28. The third-order valence-corrected chi connectivity index (χ3v) is 5.24. The highest BCUT2D eigenvalue weighted by molar-refractivity contribution is 6.51. The number of amides is 1. The maximum atomic E-state index is 14.6. The summed E-state index contributed by atoms with van der Waals surface area (Å²) >= 11 is 0. The molecule has 6 nitrogen and oxygen atoms in total. The van der Waals surface area contributed by atoms with Crippen LogP contribution in [-0.2, 0) is 9.59 Å². The third-order valence-electron chi connectivity index (χ3n) is 5.24. The van der Waals surface area contributed by atoms with Crippen LogP contribution in [0, 0.1) is 18.6 Å². The molecular formula is C25H21F2NO5. The first-order valence-electron chi connectivity index (χ1n) is 10.3. The van der Waals surface area contributed by atoms with Crippen molar-refractivity contribution in [3.8, 4) is 5.75 Å². The Morgan fingerprint density at radius 1 is 1.12 bits per heavy atom. The van der Waals surface area contributed by atoms with Gasteiger partial charge in [-0.3, -0.25) is 14.5 Å². The number of halogens is 2. The zero-order chi connectivity index (χ0) is 23.9. The van der Waals surface area contributed by atoms with Crippen molar-refractivity contribution >= 4 is 23.1 Å². The normalized spacial score (nSPS) is 17.8. The molecule has 0 radical (unpaired) electrons. The zero-order valence-electron chi connectivity index (χ0n) is 18.1. The van der Waals surface area contributed by atoms with Gasteiger partial charge in [0.25, 0.3) is 11.7 Å². The number of hydrogen-bond donors (Lipinski definition) is 1. The number of aryl methyl sites for hydroxylation is 1. The number of nitrogens with zero attached hydrogens (tertiary/aromatic N) is 1. The van der Waals surface area contributed by atoms with Crippen LogP contribution in [0.15, 0.2) is 64.8 Å². The smallest absolute Gasteiger partial charge is 0.300 e. The summed E-state index contributed by atoms with van der Waals surface area (Å²) in [6.45, 7) is 5.55. The van der Waals surface area contributed by atoms with Crippen molar-refractivity contribution in [1.29, 1.82) is 0 Å². The van der Waals surface area contributed by atoms with Gasteiger partial charge in [0, 0.05) is 11.6 Å². The number of rotatable bonds is 5. The van der Waals surface area contributed by atoms with Gasteiger partial charge < -0.3 is 14.3 Å². The van der Waals surface area contributed by atoms with Crippen molar-refractivity contribution in [1.82, 2.24) is 0 Å². The Kier molecular flexibility index (Phi) is 5.76. The molecule has 2 aromatic carbocycles. The minimum atomic E-state index is -1.24. The summed E-state index contributed by atoms with van der Waals surface area (Å²) in [6, 6.07) is 9.30. The summed E-state index contributed by atoms with van der Waals surface area (Å²) in [4.78, 5) is 26.8. The van der Waals surface area contributed by atoms with Crippen molar-refractivity contribution in [2.75, 3.05) is 4.90 Å². The summed E-state index contributed by atoms with van der Waals surface area (Å²) in [5.41, 5.74) is 0.408. The van der Waals surface area contributed by atoms with Crippen LogP contribution in [0.5, 0.6) is 5.75 Å². The summed E-state index contributed by atoms with van der Waals surface area (Å²) in [5.74, 6) is -3.65. The number of carbonyl (C=O) groups excluding carboxylic acids is 2. The highest BCUT2D eigenvalue weighted by Crippen LogP contribution is 2.43. The van der Waals surface area contributed by atoms with E-state index < -0.39 is 35.1 Å². The number of furan rings is 1. The number of hydrogen-bond acceptors (Lipinski definition) is 5. The lowest BCUT2D eigenvalue weighted by molar-refractivity contribution is -0.132. The van der Waals surface area contributed by atoms with Crippen molar-refractivity contribution in [2.24, 2.45) is 0 Å². The number of aliphatic hydroxyl groups excluding tert-OH is 1. The van der Waals surface area contributed by atoms with Gasteiger partial charge in [0.2, 0.25) is 0 Å². The minimum absolute atomic E-state index is 0.0574. The van der Waals surface area contributed by atoms with Gasteiger partial charge in [0.15, 0.2) is 0 Å². The van der Waals surface area contributed by atoms with Crippen LogP contribution >= 0.6 is 0 Å². The molecule has 1 atom stereocenters. The molecule has 1 aliphatic rings. The van der Waals surface area contributed by atoms with Crippen LogP contribution in [0.3, 0.4) is 0 Å². The molecule has 170 valence electrons. The number of benzene rings is 2. The third kappa shape index (κ3) is 4.00. The molecule has 1 unspecified atom stereocenters. The van der Waals surface area contributed by atoms with Crippen LogP contribution in [0.25, 0.3) is 5.76 Å². The molecule has 1 saturated heterocycles. The lowest BCUT2D eigenvalue weighted by atomic mass is 9.98. The average Bonchev–Trinajstić information content (AvgIpc) is 3.36. The van der Waals surface area contributed by atoms with E-state index >= 15 is 0 Å². The fraction of sp³-hybridized carbons (Fsp3) is 0.200. The lowest BCUT2D eigenvalue weighted by Gasteiger charge is -2.23. The van der Waals surface area contributed by atoms with E-state index in [1.165, 1.54) is 12.3 Å². The summed E-state index contributed by atoms with van der Waals surface area (Å²) < 4.78 is 39.2. The quantitative estimate of drug-likeness (QED) is 0.323. The predicted molar refractivity (Wildman–Crippen MR) is 117 cm³/mol. The van der Waals surface area contributed by atoms with Gasteiger partial charge in [-0.05, 0) is 68.8 Å². The van der Waals surface area contributed by atoms with Crippen LogP contribution in [0.1, 0.15) is 36.8 Å². The number of anilines is 1. The Balaban J connectivity index is 1.88. The maximum absolute atomic E-state index is 14.6. The standard InChI is InChI=1S/C25H21F2NO5/c1-13(2)33-19-9-6-15(11-14(19)3)23(29)21-22(20-5-4-10-32-20)28(25(31)24(21)30)18-8-7-16(26)12-17(18)27/h4-13,22,29H,1-3H3/b23-21-. The highest BCUT2D eigenvalue weighted by atomic mass is 19.1. The van der Waals surface area contributed by atoms with E-state index in [2.05, 4.69) is 0 Å². The Bertz CT molecular complexity index is 1260.